The van der Waals surface area contributed by atoms with Gasteiger partial charge in [-0.2, -0.15) is 0 Å². The molecular weight excluding hydrogens is 290 g/mol. The Kier molecular flexibility index (Phi) is 4.98. The van der Waals surface area contributed by atoms with Gasteiger partial charge in [0.1, 0.15) is 0 Å². The maximum Gasteiger partial charge on any atom is 0.203 e. The van der Waals surface area contributed by atoms with Gasteiger partial charge in [-0.25, -0.2) is 13.4 Å². The minimum absolute atomic E-state index is 0.329. The Morgan fingerprint density at radius 1 is 1.29 bits per heavy atom. The molecule has 2 aromatic rings. The summed E-state index contributed by atoms with van der Waals surface area (Å²) in [5, 5.41) is 3.18. The third-order valence-electron chi connectivity index (χ3n) is 3.01. The molecule has 0 saturated heterocycles. The van der Waals surface area contributed by atoms with E-state index in [1.54, 1.807) is 25.4 Å². The van der Waals surface area contributed by atoms with Crippen molar-refractivity contribution >= 4 is 15.8 Å². The van der Waals surface area contributed by atoms with E-state index in [1.807, 2.05) is 22.9 Å². The zero-order valence-corrected chi connectivity index (χ0v) is 12.9. The van der Waals surface area contributed by atoms with Gasteiger partial charge in [-0.05, 0) is 17.7 Å². The van der Waals surface area contributed by atoms with E-state index in [2.05, 4.69) is 10.3 Å². The summed E-state index contributed by atoms with van der Waals surface area (Å²) < 4.78 is 29.8. The van der Waals surface area contributed by atoms with Crippen LogP contribution in [0.2, 0.25) is 0 Å². The molecule has 0 amide bonds. The number of hydrogen-bond acceptors (Lipinski definition) is 5. The first-order valence-corrected chi connectivity index (χ1v) is 8.43. The largest absolute Gasteiger partial charge is 0.383 e. The Morgan fingerprint density at radius 3 is 2.62 bits per heavy atom. The molecule has 2 rings (SSSR count). The fourth-order valence-corrected chi connectivity index (χ4v) is 2.54. The second-order valence-electron chi connectivity index (χ2n) is 4.71. The van der Waals surface area contributed by atoms with Crippen LogP contribution in [0.4, 0.5) is 5.95 Å². The van der Waals surface area contributed by atoms with Gasteiger partial charge >= 0.3 is 0 Å². The van der Waals surface area contributed by atoms with Gasteiger partial charge in [-0.15, -0.1) is 0 Å². The molecule has 0 spiro atoms. The molecule has 21 heavy (non-hydrogen) atoms. The third-order valence-corrected chi connectivity index (χ3v) is 4.14. The molecule has 0 aliphatic rings. The van der Waals surface area contributed by atoms with Gasteiger partial charge in [-0.1, -0.05) is 12.1 Å². The SMILES string of the molecule is COCCNc1nccn1Cc1ccc(S(C)(=O)=O)cc1. The number of rotatable bonds is 7. The van der Waals surface area contributed by atoms with Crippen molar-refractivity contribution in [2.24, 2.45) is 0 Å². The number of methoxy groups -OCH3 is 1. The van der Waals surface area contributed by atoms with Crippen LogP contribution in [-0.4, -0.2) is 44.5 Å². The van der Waals surface area contributed by atoms with E-state index in [0.717, 1.165) is 11.5 Å². The smallest absolute Gasteiger partial charge is 0.203 e. The normalized spacial score (nSPS) is 11.5. The highest BCUT2D eigenvalue weighted by Gasteiger charge is 2.07. The maximum atomic E-state index is 11.4. The van der Waals surface area contributed by atoms with Crippen molar-refractivity contribution in [2.45, 2.75) is 11.4 Å². The molecule has 0 bridgehead atoms. The molecule has 0 radical (unpaired) electrons. The number of aromatic nitrogens is 2. The lowest BCUT2D eigenvalue weighted by Crippen LogP contribution is -2.12. The lowest BCUT2D eigenvalue weighted by molar-refractivity contribution is 0.210. The van der Waals surface area contributed by atoms with Crippen LogP contribution in [0.15, 0.2) is 41.6 Å². The van der Waals surface area contributed by atoms with Crippen LogP contribution >= 0.6 is 0 Å². The summed E-state index contributed by atoms with van der Waals surface area (Å²) in [6.07, 6.45) is 4.80. The lowest BCUT2D eigenvalue weighted by Gasteiger charge is -2.10. The molecule has 114 valence electrons. The number of sulfone groups is 1. The summed E-state index contributed by atoms with van der Waals surface area (Å²) in [5.41, 5.74) is 1.01. The van der Waals surface area contributed by atoms with Gasteiger partial charge in [0, 0.05) is 32.3 Å². The molecule has 1 heterocycles. The van der Waals surface area contributed by atoms with Gasteiger partial charge < -0.3 is 14.6 Å². The highest BCUT2D eigenvalue weighted by Crippen LogP contribution is 2.13. The zero-order chi connectivity index (χ0) is 15.3. The van der Waals surface area contributed by atoms with Gasteiger partial charge in [-0.3, -0.25) is 0 Å². The number of ether oxygens (including phenoxy) is 1. The average molecular weight is 309 g/mol. The summed E-state index contributed by atoms with van der Waals surface area (Å²) >= 11 is 0. The third kappa shape index (κ3) is 4.30. The minimum Gasteiger partial charge on any atom is -0.383 e. The van der Waals surface area contributed by atoms with E-state index in [-0.39, 0.29) is 0 Å². The molecular formula is C14H19N3O3S. The van der Waals surface area contributed by atoms with Gasteiger partial charge in [0.15, 0.2) is 9.84 Å². The molecule has 0 atom stereocenters. The monoisotopic (exact) mass is 309 g/mol. The Bertz CT molecular complexity index is 678. The Morgan fingerprint density at radius 2 is 2.00 bits per heavy atom. The van der Waals surface area contributed by atoms with Crippen LogP contribution in [0.1, 0.15) is 5.56 Å². The maximum absolute atomic E-state index is 11.4. The van der Waals surface area contributed by atoms with Crippen molar-refractivity contribution in [1.82, 2.24) is 9.55 Å². The molecule has 0 aliphatic carbocycles. The number of imidazole rings is 1. The van der Waals surface area contributed by atoms with Crippen molar-refractivity contribution in [1.29, 1.82) is 0 Å². The fourth-order valence-electron chi connectivity index (χ4n) is 1.91. The highest BCUT2D eigenvalue weighted by atomic mass is 32.2. The molecule has 0 aliphatic heterocycles. The quantitative estimate of drug-likeness (QED) is 0.783. The number of anilines is 1. The van der Waals surface area contributed by atoms with Crippen molar-refractivity contribution in [3.63, 3.8) is 0 Å². The van der Waals surface area contributed by atoms with Crippen LogP contribution < -0.4 is 5.32 Å². The standard InChI is InChI=1S/C14H19N3O3S/c1-20-10-8-16-14-15-7-9-17(14)11-12-3-5-13(6-4-12)21(2,18)19/h3-7,9H,8,10-11H2,1-2H3,(H,15,16). The van der Waals surface area contributed by atoms with Crippen LogP contribution in [0.3, 0.4) is 0 Å². The van der Waals surface area contributed by atoms with Crippen molar-refractivity contribution < 1.29 is 13.2 Å². The lowest BCUT2D eigenvalue weighted by atomic mass is 10.2. The first-order valence-electron chi connectivity index (χ1n) is 6.53. The highest BCUT2D eigenvalue weighted by molar-refractivity contribution is 7.90. The van der Waals surface area contributed by atoms with E-state index in [1.165, 1.54) is 6.26 Å². The first-order chi connectivity index (χ1) is 10.0. The van der Waals surface area contributed by atoms with E-state index >= 15 is 0 Å². The topological polar surface area (TPSA) is 73.2 Å². The Labute approximate surface area is 124 Å². The number of nitrogens with one attached hydrogen (secondary N) is 1. The number of hydrogen-bond donors (Lipinski definition) is 1. The predicted molar refractivity (Wildman–Crippen MR) is 81.2 cm³/mol. The van der Waals surface area contributed by atoms with E-state index < -0.39 is 9.84 Å². The zero-order valence-electron chi connectivity index (χ0n) is 12.1. The van der Waals surface area contributed by atoms with E-state index in [9.17, 15) is 8.42 Å². The Balaban J connectivity index is 2.07. The van der Waals surface area contributed by atoms with Crippen molar-refractivity contribution in [3.8, 4) is 0 Å². The van der Waals surface area contributed by atoms with E-state index in [0.29, 0.717) is 24.6 Å². The first kappa shape index (κ1) is 15.5. The van der Waals surface area contributed by atoms with Crippen LogP contribution in [0.5, 0.6) is 0 Å². The second kappa shape index (κ2) is 6.73. The molecule has 1 aromatic heterocycles. The molecule has 7 heteroatoms. The summed E-state index contributed by atoms with van der Waals surface area (Å²) in [4.78, 5) is 4.57. The molecule has 0 fully saturated rings. The van der Waals surface area contributed by atoms with Crippen molar-refractivity contribution in [3.05, 3.63) is 42.2 Å². The van der Waals surface area contributed by atoms with E-state index in [4.69, 9.17) is 4.74 Å². The second-order valence-corrected chi connectivity index (χ2v) is 6.73. The molecule has 6 nitrogen and oxygen atoms in total. The fraction of sp³-hybridized carbons (Fsp3) is 0.357. The Hall–Kier alpha value is -1.86. The predicted octanol–water partition coefficient (Wildman–Crippen LogP) is 1.39. The summed E-state index contributed by atoms with van der Waals surface area (Å²) in [7, 11) is -1.50. The van der Waals surface area contributed by atoms with Crippen LogP contribution in [0, 0.1) is 0 Å². The average Bonchev–Trinajstić information content (AvgIpc) is 2.86. The van der Waals surface area contributed by atoms with Crippen molar-refractivity contribution in [2.75, 3.05) is 31.8 Å². The molecule has 1 aromatic carbocycles. The number of nitrogens with zero attached hydrogens (tertiary/aromatic N) is 2. The summed E-state index contributed by atoms with van der Waals surface area (Å²) in [5.74, 6) is 0.763. The summed E-state index contributed by atoms with van der Waals surface area (Å²) in [6.45, 7) is 1.91. The van der Waals surface area contributed by atoms with Gasteiger partial charge in [0.05, 0.1) is 18.0 Å². The minimum atomic E-state index is -3.15. The molecule has 0 unspecified atom stereocenters. The van der Waals surface area contributed by atoms with Gasteiger partial charge in [0.2, 0.25) is 5.95 Å². The number of benzene rings is 1. The van der Waals surface area contributed by atoms with Gasteiger partial charge in [0.25, 0.3) is 0 Å². The molecule has 1 N–H and O–H groups in total. The summed E-state index contributed by atoms with van der Waals surface area (Å²) in [6, 6.07) is 6.88. The van der Waals surface area contributed by atoms with Crippen LogP contribution in [0.25, 0.3) is 0 Å². The van der Waals surface area contributed by atoms with Crippen LogP contribution in [-0.2, 0) is 21.1 Å². The molecule has 0 saturated carbocycles.